The van der Waals surface area contributed by atoms with Crippen LogP contribution in [0.25, 0.3) is 22.4 Å². The van der Waals surface area contributed by atoms with E-state index in [-0.39, 0.29) is 5.82 Å². The second-order valence-electron chi connectivity index (χ2n) is 4.62. The van der Waals surface area contributed by atoms with E-state index >= 15 is 0 Å². The Bertz CT molecular complexity index is 730. The summed E-state index contributed by atoms with van der Waals surface area (Å²) in [4.78, 5) is 4.08. The maximum absolute atomic E-state index is 13.6. The molecule has 0 radical (unpaired) electrons. The third kappa shape index (κ3) is 2.14. The van der Waals surface area contributed by atoms with Crippen molar-refractivity contribution in [2.45, 2.75) is 6.92 Å². The van der Waals surface area contributed by atoms with Crippen molar-refractivity contribution in [2.24, 2.45) is 0 Å². The summed E-state index contributed by atoms with van der Waals surface area (Å²) in [5, 5.41) is 6.91. The van der Waals surface area contributed by atoms with E-state index in [9.17, 15) is 4.39 Å². The summed E-state index contributed by atoms with van der Waals surface area (Å²) in [5.41, 5.74) is 9.75. The summed E-state index contributed by atoms with van der Waals surface area (Å²) in [7, 11) is 0. The van der Waals surface area contributed by atoms with Crippen molar-refractivity contribution < 1.29 is 4.39 Å². The monoisotopic (exact) mass is 268 g/mol. The molecule has 20 heavy (non-hydrogen) atoms. The molecule has 0 aliphatic rings. The number of nitrogens with two attached hydrogens (primary N) is 1. The SMILES string of the molecule is Cc1cc(F)cc(-c2[nH]nc(N)c2-c2cccnc2)c1. The molecule has 4 nitrogen and oxygen atoms in total. The lowest BCUT2D eigenvalue weighted by Gasteiger charge is -2.05. The molecule has 0 aliphatic heterocycles. The van der Waals surface area contributed by atoms with Gasteiger partial charge in [-0.05, 0) is 36.8 Å². The van der Waals surface area contributed by atoms with Crippen LogP contribution < -0.4 is 5.73 Å². The number of hydrogen-bond donors (Lipinski definition) is 2. The highest BCUT2D eigenvalue weighted by Gasteiger charge is 2.15. The van der Waals surface area contributed by atoms with E-state index in [0.717, 1.165) is 16.7 Å². The van der Waals surface area contributed by atoms with Crippen molar-refractivity contribution in [1.29, 1.82) is 0 Å². The third-order valence-electron chi connectivity index (χ3n) is 3.08. The van der Waals surface area contributed by atoms with Crippen LogP contribution in [0.15, 0.2) is 42.7 Å². The fourth-order valence-corrected chi connectivity index (χ4v) is 2.25. The second-order valence-corrected chi connectivity index (χ2v) is 4.62. The normalized spacial score (nSPS) is 10.7. The van der Waals surface area contributed by atoms with E-state index in [2.05, 4.69) is 15.2 Å². The predicted octanol–water partition coefficient (Wildman–Crippen LogP) is 3.17. The maximum atomic E-state index is 13.6. The molecule has 3 N–H and O–H groups in total. The summed E-state index contributed by atoms with van der Waals surface area (Å²) in [5.74, 6) is 0.0835. The number of aryl methyl sites for hydroxylation is 1. The molecule has 0 aliphatic carbocycles. The molecule has 0 saturated carbocycles. The Kier molecular flexibility index (Phi) is 2.95. The standard InChI is InChI=1S/C15H13FN4/c1-9-5-11(7-12(16)6-9)14-13(15(17)20-19-14)10-3-2-4-18-8-10/h2-8H,1H3,(H3,17,19,20). The minimum absolute atomic E-state index is 0.287. The lowest BCUT2D eigenvalue weighted by atomic mass is 10.0. The second kappa shape index (κ2) is 4.77. The number of benzene rings is 1. The van der Waals surface area contributed by atoms with Crippen LogP contribution in [0.5, 0.6) is 0 Å². The Morgan fingerprint density at radius 2 is 2.05 bits per heavy atom. The van der Waals surface area contributed by atoms with Crippen molar-refractivity contribution in [3.8, 4) is 22.4 Å². The average molecular weight is 268 g/mol. The summed E-state index contributed by atoms with van der Waals surface area (Å²) >= 11 is 0. The Labute approximate surface area is 115 Å². The van der Waals surface area contributed by atoms with E-state index in [4.69, 9.17) is 5.73 Å². The zero-order chi connectivity index (χ0) is 14.1. The molecule has 0 fully saturated rings. The Balaban J connectivity index is 2.21. The van der Waals surface area contributed by atoms with Crippen LogP contribution in [-0.4, -0.2) is 15.2 Å². The Morgan fingerprint density at radius 3 is 2.75 bits per heavy atom. The number of nitrogen functional groups attached to an aromatic ring is 1. The summed E-state index contributed by atoms with van der Waals surface area (Å²) < 4.78 is 13.6. The maximum Gasteiger partial charge on any atom is 0.153 e. The zero-order valence-corrected chi connectivity index (χ0v) is 10.9. The predicted molar refractivity (Wildman–Crippen MR) is 76.4 cm³/mol. The third-order valence-corrected chi connectivity index (χ3v) is 3.08. The average Bonchev–Trinajstić information content (AvgIpc) is 2.80. The van der Waals surface area contributed by atoms with Gasteiger partial charge in [0.2, 0.25) is 0 Å². The highest BCUT2D eigenvalue weighted by atomic mass is 19.1. The molecule has 0 saturated heterocycles. The fraction of sp³-hybridized carbons (Fsp3) is 0.0667. The van der Waals surface area contributed by atoms with Gasteiger partial charge in [0.1, 0.15) is 5.82 Å². The molecule has 2 heterocycles. The summed E-state index contributed by atoms with van der Waals surface area (Å²) in [6.45, 7) is 1.84. The number of aromatic amines is 1. The van der Waals surface area contributed by atoms with Crippen LogP contribution in [0.3, 0.4) is 0 Å². The highest BCUT2D eigenvalue weighted by molar-refractivity contribution is 5.87. The van der Waals surface area contributed by atoms with Crippen LogP contribution in [0.1, 0.15) is 5.56 Å². The minimum atomic E-state index is -0.287. The van der Waals surface area contributed by atoms with Crippen molar-refractivity contribution >= 4 is 5.82 Å². The topological polar surface area (TPSA) is 67.6 Å². The molecule has 5 heteroatoms. The van der Waals surface area contributed by atoms with Crippen molar-refractivity contribution in [1.82, 2.24) is 15.2 Å². The number of halogens is 1. The Hall–Kier alpha value is -2.69. The molecular weight excluding hydrogens is 255 g/mol. The summed E-state index contributed by atoms with van der Waals surface area (Å²) in [6, 6.07) is 8.54. The lowest BCUT2D eigenvalue weighted by molar-refractivity contribution is 0.627. The fourth-order valence-electron chi connectivity index (χ4n) is 2.25. The van der Waals surface area contributed by atoms with Gasteiger partial charge < -0.3 is 5.73 Å². The number of nitrogens with one attached hydrogen (secondary N) is 1. The number of hydrogen-bond acceptors (Lipinski definition) is 3. The van der Waals surface area contributed by atoms with Crippen LogP contribution in [0.4, 0.5) is 10.2 Å². The van der Waals surface area contributed by atoms with E-state index in [1.54, 1.807) is 12.4 Å². The smallest absolute Gasteiger partial charge is 0.153 e. The van der Waals surface area contributed by atoms with Crippen molar-refractivity contribution in [3.05, 3.63) is 54.1 Å². The highest BCUT2D eigenvalue weighted by Crippen LogP contribution is 2.34. The number of pyridine rings is 1. The van der Waals surface area contributed by atoms with Gasteiger partial charge in [-0.3, -0.25) is 10.1 Å². The van der Waals surface area contributed by atoms with Crippen LogP contribution in [0, 0.1) is 12.7 Å². The van der Waals surface area contributed by atoms with Crippen LogP contribution in [0.2, 0.25) is 0 Å². The van der Waals surface area contributed by atoms with E-state index in [1.165, 1.54) is 12.1 Å². The molecular formula is C15H13FN4. The number of aromatic nitrogens is 3. The first-order valence-corrected chi connectivity index (χ1v) is 6.17. The first-order chi connectivity index (χ1) is 9.65. The number of rotatable bonds is 2. The van der Waals surface area contributed by atoms with Gasteiger partial charge in [0, 0.05) is 23.5 Å². The Morgan fingerprint density at radius 1 is 1.20 bits per heavy atom. The molecule has 3 rings (SSSR count). The molecule has 0 amide bonds. The number of anilines is 1. The summed E-state index contributed by atoms with van der Waals surface area (Å²) in [6.07, 6.45) is 3.39. The van der Waals surface area contributed by atoms with Gasteiger partial charge >= 0.3 is 0 Å². The molecule has 0 bridgehead atoms. The largest absolute Gasteiger partial charge is 0.382 e. The minimum Gasteiger partial charge on any atom is -0.382 e. The molecule has 0 spiro atoms. The lowest BCUT2D eigenvalue weighted by Crippen LogP contribution is -1.90. The molecule has 0 atom stereocenters. The number of nitrogens with zero attached hydrogens (tertiary/aromatic N) is 2. The van der Waals surface area contributed by atoms with Gasteiger partial charge in [0.15, 0.2) is 5.82 Å². The van der Waals surface area contributed by atoms with Gasteiger partial charge in [-0.2, -0.15) is 5.10 Å². The molecule has 0 unspecified atom stereocenters. The quantitative estimate of drug-likeness (QED) is 0.750. The van der Waals surface area contributed by atoms with E-state index in [1.807, 2.05) is 25.1 Å². The molecule has 1 aromatic carbocycles. The molecule has 100 valence electrons. The van der Waals surface area contributed by atoms with E-state index in [0.29, 0.717) is 17.1 Å². The van der Waals surface area contributed by atoms with Crippen LogP contribution >= 0.6 is 0 Å². The van der Waals surface area contributed by atoms with E-state index < -0.39 is 0 Å². The number of H-pyrrole nitrogens is 1. The van der Waals surface area contributed by atoms with Gasteiger partial charge in [0.25, 0.3) is 0 Å². The first kappa shape index (κ1) is 12.3. The van der Waals surface area contributed by atoms with Gasteiger partial charge in [0.05, 0.1) is 11.3 Å². The first-order valence-electron chi connectivity index (χ1n) is 6.17. The van der Waals surface area contributed by atoms with Gasteiger partial charge in [-0.25, -0.2) is 4.39 Å². The van der Waals surface area contributed by atoms with Crippen molar-refractivity contribution in [3.63, 3.8) is 0 Å². The molecule has 3 aromatic rings. The van der Waals surface area contributed by atoms with Crippen molar-refractivity contribution in [2.75, 3.05) is 5.73 Å². The zero-order valence-electron chi connectivity index (χ0n) is 10.9. The van der Waals surface area contributed by atoms with Crippen LogP contribution in [-0.2, 0) is 0 Å². The van der Waals surface area contributed by atoms with Gasteiger partial charge in [-0.15, -0.1) is 0 Å². The molecule has 2 aromatic heterocycles. The van der Waals surface area contributed by atoms with Gasteiger partial charge in [-0.1, -0.05) is 6.07 Å².